The maximum absolute atomic E-state index is 14.4. The Morgan fingerprint density at radius 2 is 0.986 bits per heavy atom. The van der Waals surface area contributed by atoms with Gasteiger partial charge in [0.15, 0.2) is 5.96 Å². The molecule has 0 saturated carbocycles. The lowest BCUT2D eigenvalue weighted by Crippen LogP contribution is -2.61. The van der Waals surface area contributed by atoms with Crippen LogP contribution in [-0.4, -0.2) is 158 Å². The van der Waals surface area contributed by atoms with Crippen molar-refractivity contribution in [2.75, 3.05) is 18.9 Å². The molecule has 2 aromatic carbocycles. The van der Waals surface area contributed by atoms with Gasteiger partial charge in [-0.1, -0.05) is 44.5 Å². The number of hydrogen-bond acceptors (Lipinski definition) is 16. The fourth-order valence-electron chi connectivity index (χ4n) is 6.51. The van der Waals surface area contributed by atoms with Crippen LogP contribution in [0.3, 0.4) is 0 Å². The number of carbonyl (C=O) groups is 10. The van der Waals surface area contributed by atoms with Crippen LogP contribution in [0.25, 0.3) is 0 Å². The monoisotopic (exact) mass is 1030 g/mol. The molecule has 0 fully saturated rings. The van der Waals surface area contributed by atoms with Crippen molar-refractivity contribution in [3.63, 3.8) is 0 Å². The van der Waals surface area contributed by atoms with E-state index in [1.807, 2.05) is 5.32 Å². The number of benzene rings is 2. The van der Waals surface area contributed by atoms with Gasteiger partial charge in [-0.2, -0.15) is 12.6 Å². The number of phenols is 2. The number of nitrogens with two attached hydrogens (primary N) is 4. The van der Waals surface area contributed by atoms with E-state index in [1.165, 1.54) is 48.5 Å². The maximum Gasteiger partial charge on any atom is 0.326 e. The maximum atomic E-state index is 14.4. The molecule has 0 aliphatic carbocycles. The minimum absolute atomic E-state index is 0.0165. The van der Waals surface area contributed by atoms with Crippen molar-refractivity contribution < 1.29 is 73.5 Å². The zero-order valence-corrected chi connectivity index (χ0v) is 40.3. The number of rotatable bonds is 31. The van der Waals surface area contributed by atoms with Crippen molar-refractivity contribution in [1.29, 1.82) is 0 Å². The lowest BCUT2D eigenvalue weighted by atomic mass is 9.99. The average Bonchev–Trinajstić information content (AvgIpc) is 3.32. The van der Waals surface area contributed by atoms with Crippen molar-refractivity contribution >= 4 is 77.8 Å². The van der Waals surface area contributed by atoms with Crippen LogP contribution >= 0.6 is 12.6 Å². The minimum atomic E-state index is -1.89. The van der Waals surface area contributed by atoms with Crippen molar-refractivity contribution in [3.8, 4) is 11.5 Å². The summed E-state index contributed by atoms with van der Waals surface area (Å²) in [7, 11) is 0. The van der Waals surface area contributed by atoms with E-state index in [0.29, 0.717) is 17.5 Å². The number of aliphatic imine (C=N–C) groups is 1. The normalized spacial score (nSPS) is 14.6. The van der Waals surface area contributed by atoms with E-state index in [2.05, 4.69) is 49.5 Å². The predicted molar refractivity (Wildman–Crippen MR) is 259 cm³/mol. The molecular weight excluding hydrogens is 969 g/mol. The van der Waals surface area contributed by atoms with Gasteiger partial charge >= 0.3 is 11.9 Å². The number of carboxylic acids is 2. The summed E-state index contributed by atoms with van der Waals surface area (Å²) in [6, 6.07) is -1.98. The number of aliphatic hydroxyl groups is 1. The molecule has 72 heavy (non-hydrogen) atoms. The Bertz CT molecular complexity index is 2250. The molecule has 28 heteroatoms. The summed E-state index contributed by atoms with van der Waals surface area (Å²) in [5.74, 6) is -12.9. The van der Waals surface area contributed by atoms with Gasteiger partial charge in [-0.15, -0.1) is 0 Å². The standard InChI is InChI=1S/C44H64N12O15S/c1-3-21(2)35(46)42(69)53-29(17-33(45)60)39(66)55-31(19-57)40(67)50-26(5-4-14-49-44(47)48)36(63)51-27(15-22-6-10-24(58)11-7-22)37(64)52-28(16-23-8-12-25(59)13-9-23)38(65)56-32(20-72)41(68)54-30(43(70)71)18-34(61)62/h6-13,21,26-32,35,57-59,72H,3-5,14-20,46H2,1-2H3,(H2,45,60)(H,50,67)(H,51,63)(H,52,64)(H,53,69)(H,54,68)(H,55,66)(H,56,65)(H,61,62)(H,70,71)(H4,47,48,49)/t21-,26-,27-,28-,29-,30-,31-,32-,35-/m0/s1. The molecule has 0 aliphatic heterocycles. The van der Waals surface area contributed by atoms with E-state index in [9.17, 15) is 68.4 Å². The van der Waals surface area contributed by atoms with Gasteiger partial charge in [0.1, 0.15) is 53.8 Å². The largest absolute Gasteiger partial charge is 0.508 e. The number of carbonyl (C=O) groups excluding carboxylic acids is 8. The molecule has 0 bridgehead atoms. The molecule has 8 amide bonds. The summed E-state index contributed by atoms with van der Waals surface area (Å²) < 4.78 is 0. The molecular formula is C44H64N12O15S. The quantitative estimate of drug-likeness (QED) is 0.0146. The summed E-state index contributed by atoms with van der Waals surface area (Å²) in [4.78, 5) is 134. The molecule has 0 heterocycles. The first-order valence-corrected chi connectivity index (χ1v) is 23.0. The molecule has 0 spiro atoms. The number of aromatic hydroxyl groups is 2. The number of hydrogen-bond donors (Lipinski definition) is 17. The van der Waals surface area contributed by atoms with Crippen molar-refractivity contribution in [2.24, 2.45) is 33.8 Å². The summed E-state index contributed by atoms with van der Waals surface area (Å²) in [5, 5.41) is 65.0. The van der Waals surface area contributed by atoms with Crippen LogP contribution in [0, 0.1) is 5.92 Å². The molecule has 0 saturated heterocycles. The van der Waals surface area contributed by atoms with Gasteiger partial charge in [0.25, 0.3) is 0 Å². The first-order chi connectivity index (χ1) is 33.9. The van der Waals surface area contributed by atoms with Gasteiger partial charge in [-0.25, -0.2) is 4.79 Å². The van der Waals surface area contributed by atoms with Crippen LogP contribution in [0.5, 0.6) is 11.5 Å². The highest BCUT2D eigenvalue weighted by atomic mass is 32.1. The number of phenolic OH excluding ortho intramolecular Hbond substituents is 2. The average molecular weight is 1030 g/mol. The van der Waals surface area contributed by atoms with Crippen LogP contribution in [0.2, 0.25) is 0 Å². The van der Waals surface area contributed by atoms with Crippen LogP contribution in [0.4, 0.5) is 0 Å². The smallest absolute Gasteiger partial charge is 0.326 e. The highest BCUT2D eigenvalue weighted by Gasteiger charge is 2.35. The fourth-order valence-corrected chi connectivity index (χ4v) is 6.77. The molecule has 20 N–H and O–H groups in total. The number of carboxylic acid groups (broad SMARTS) is 2. The second-order valence-corrected chi connectivity index (χ2v) is 16.9. The number of thiol groups is 1. The summed E-state index contributed by atoms with van der Waals surface area (Å²) in [5.41, 5.74) is 22.9. The van der Waals surface area contributed by atoms with E-state index >= 15 is 0 Å². The number of guanidine groups is 1. The van der Waals surface area contributed by atoms with Gasteiger partial charge in [0, 0.05) is 25.1 Å². The van der Waals surface area contributed by atoms with Crippen molar-refractivity contribution in [3.05, 3.63) is 59.7 Å². The van der Waals surface area contributed by atoms with Gasteiger partial charge < -0.3 is 85.7 Å². The first-order valence-electron chi connectivity index (χ1n) is 22.3. The second-order valence-electron chi connectivity index (χ2n) is 16.5. The number of primary amides is 1. The highest BCUT2D eigenvalue weighted by molar-refractivity contribution is 7.80. The van der Waals surface area contributed by atoms with Crippen molar-refractivity contribution in [2.45, 2.75) is 107 Å². The van der Waals surface area contributed by atoms with Gasteiger partial charge in [-0.05, 0) is 54.2 Å². The topological polar surface area (TPSA) is 472 Å². The number of nitrogens with one attached hydrogen (secondary N) is 7. The lowest BCUT2D eigenvalue weighted by Gasteiger charge is -2.28. The highest BCUT2D eigenvalue weighted by Crippen LogP contribution is 2.15. The molecule has 2 aromatic rings. The number of nitrogens with zero attached hydrogens (tertiary/aromatic N) is 1. The third-order valence-electron chi connectivity index (χ3n) is 10.8. The van der Waals surface area contributed by atoms with Gasteiger partial charge in [0.2, 0.25) is 47.3 Å². The van der Waals surface area contributed by atoms with Crippen LogP contribution < -0.4 is 60.2 Å². The molecule has 27 nitrogen and oxygen atoms in total. The SMILES string of the molecule is CC[C@H](C)[C@H](N)C(=O)N[C@@H](CC(N)=O)C(=O)N[C@@H](CO)C(=O)N[C@@H](CCCN=C(N)N)C(=O)N[C@@H](Cc1ccc(O)cc1)C(=O)N[C@@H](Cc1ccc(O)cc1)C(=O)N[C@@H](CS)C(=O)N[C@@H](CC(=O)O)C(=O)O. The molecule has 0 unspecified atom stereocenters. The number of aliphatic hydroxyl groups excluding tert-OH is 1. The summed E-state index contributed by atoms with van der Waals surface area (Å²) in [6.45, 7) is 2.32. The Morgan fingerprint density at radius 1 is 0.583 bits per heavy atom. The van der Waals surface area contributed by atoms with Gasteiger partial charge in [-0.3, -0.25) is 48.1 Å². The van der Waals surface area contributed by atoms with Crippen LogP contribution in [0.15, 0.2) is 53.5 Å². The summed E-state index contributed by atoms with van der Waals surface area (Å²) in [6.07, 6.45) is -2.11. The molecule has 0 radical (unpaired) electrons. The Morgan fingerprint density at radius 3 is 1.42 bits per heavy atom. The van der Waals surface area contributed by atoms with E-state index < -0.39 is 133 Å². The van der Waals surface area contributed by atoms with E-state index in [0.717, 1.165) is 0 Å². The first kappa shape index (κ1) is 60.4. The Kier molecular flexibility index (Phi) is 25.3. The molecule has 0 aromatic heterocycles. The van der Waals surface area contributed by atoms with Crippen LogP contribution in [0.1, 0.15) is 57.1 Å². The molecule has 9 atom stereocenters. The lowest BCUT2D eigenvalue weighted by molar-refractivity contribution is -0.147. The molecule has 0 aliphatic rings. The fraction of sp³-hybridized carbons (Fsp3) is 0.477. The van der Waals surface area contributed by atoms with Crippen LogP contribution in [-0.2, 0) is 60.8 Å². The Balaban J connectivity index is 2.54. The predicted octanol–water partition coefficient (Wildman–Crippen LogP) is -4.94. The van der Waals surface area contributed by atoms with Crippen molar-refractivity contribution in [1.82, 2.24) is 37.2 Å². The molecule has 396 valence electrons. The number of amides is 8. The zero-order chi connectivity index (χ0) is 54.2. The molecule has 2 rings (SSSR count). The van der Waals surface area contributed by atoms with E-state index in [-0.39, 0.29) is 55.6 Å². The van der Waals surface area contributed by atoms with Gasteiger partial charge in [0.05, 0.1) is 25.5 Å². The van der Waals surface area contributed by atoms with E-state index in [1.54, 1.807) is 13.8 Å². The second kappa shape index (κ2) is 30.1. The minimum Gasteiger partial charge on any atom is -0.508 e. The Labute approximate surface area is 418 Å². The third kappa shape index (κ3) is 21.1. The number of aliphatic carboxylic acids is 2. The summed E-state index contributed by atoms with van der Waals surface area (Å²) >= 11 is 4.08. The Hall–Kier alpha value is -7.72. The van der Waals surface area contributed by atoms with E-state index in [4.69, 9.17) is 28.0 Å². The zero-order valence-electron chi connectivity index (χ0n) is 39.4. The third-order valence-corrected chi connectivity index (χ3v) is 11.2.